The SMILES string of the molecule is O=C(Nc1ccc2nc[nH]c2c1)C1CC2CCC1N2C(=O)c1ccc(-n2cccn2)nc1. The molecular weight excluding hydrogens is 406 g/mol. The van der Waals surface area contributed by atoms with E-state index >= 15 is 0 Å². The van der Waals surface area contributed by atoms with Gasteiger partial charge in [-0.1, -0.05) is 0 Å². The summed E-state index contributed by atoms with van der Waals surface area (Å²) in [6, 6.07) is 11.0. The molecule has 9 nitrogen and oxygen atoms in total. The van der Waals surface area contributed by atoms with Crippen LogP contribution in [-0.4, -0.2) is 53.5 Å². The summed E-state index contributed by atoms with van der Waals surface area (Å²) in [5.41, 5.74) is 2.99. The summed E-state index contributed by atoms with van der Waals surface area (Å²) in [4.78, 5) is 39.9. The third-order valence-electron chi connectivity index (χ3n) is 6.53. The molecule has 2 amide bonds. The maximum absolute atomic E-state index is 13.3. The van der Waals surface area contributed by atoms with Crippen LogP contribution in [0.15, 0.2) is 61.3 Å². The number of carbonyl (C=O) groups is 2. The summed E-state index contributed by atoms with van der Waals surface area (Å²) in [5.74, 6) is 0.334. The first-order valence-corrected chi connectivity index (χ1v) is 10.7. The van der Waals surface area contributed by atoms with Crippen LogP contribution in [0.2, 0.25) is 0 Å². The Morgan fingerprint density at radius 3 is 2.88 bits per heavy atom. The maximum atomic E-state index is 13.3. The first-order chi connectivity index (χ1) is 15.7. The summed E-state index contributed by atoms with van der Waals surface area (Å²) in [6.07, 6.45) is 9.16. The number of aromatic nitrogens is 5. The third-order valence-corrected chi connectivity index (χ3v) is 6.53. The summed E-state index contributed by atoms with van der Waals surface area (Å²) >= 11 is 0. The standard InChI is InChI=1S/C23H21N7O2/c31-22(28-15-3-5-18-19(10-15)26-13-25-18)17-11-16-4-6-20(17)30(16)23(32)14-2-7-21(24-12-14)29-9-1-8-27-29/h1-3,5,7-10,12-13,16-17,20H,4,6,11H2,(H,25,26)(H,28,31). The molecule has 0 aliphatic carbocycles. The molecule has 3 aromatic heterocycles. The van der Waals surface area contributed by atoms with Crippen molar-refractivity contribution in [2.75, 3.05) is 5.32 Å². The predicted octanol–water partition coefficient (Wildman–Crippen LogP) is 2.78. The Labute approximate surface area is 183 Å². The van der Waals surface area contributed by atoms with Crippen LogP contribution in [0, 0.1) is 5.92 Å². The van der Waals surface area contributed by atoms with Gasteiger partial charge in [-0.15, -0.1) is 0 Å². The molecule has 0 spiro atoms. The van der Waals surface area contributed by atoms with E-state index in [-0.39, 0.29) is 29.8 Å². The fourth-order valence-electron chi connectivity index (χ4n) is 5.04. The molecular formula is C23H21N7O2. The lowest BCUT2D eigenvalue weighted by Crippen LogP contribution is -2.39. The van der Waals surface area contributed by atoms with Gasteiger partial charge in [0.05, 0.1) is 28.8 Å². The molecule has 32 heavy (non-hydrogen) atoms. The van der Waals surface area contributed by atoms with Crippen molar-refractivity contribution in [3.63, 3.8) is 0 Å². The van der Waals surface area contributed by atoms with Crippen molar-refractivity contribution >= 4 is 28.5 Å². The Hall–Kier alpha value is -4.01. The Kier molecular flexibility index (Phi) is 4.27. The van der Waals surface area contributed by atoms with Crippen LogP contribution in [0.1, 0.15) is 29.6 Å². The fourth-order valence-corrected chi connectivity index (χ4v) is 5.04. The van der Waals surface area contributed by atoms with E-state index in [1.807, 2.05) is 29.2 Å². The van der Waals surface area contributed by atoms with Crippen molar-refractivity contribution in [2.24, 2.45) is 5.92 Å². The lowest BCUT2D eigenvalue weighted by molar-refractivity contribution is -0.120. The van der Waals surface area contributed by atoms with Crippen LogP contribution in [0.4, 0.5) is 5.69 Å². The largest absolute Gasteiger partial charge is 0.345 e. The number of carbonyl (C=O) groups excluding carboxylic acids is 2. The van der Waals surface area contributed by atoms with Gasteiger partial charge in [0.15, 0.2) is 5.82 Å². The number of benzene rings is 1. The lowest BCUT2D eigenvalue weighted by Gasteiger charge is -2.24. The monoisotopic (exact) mass is 427 g/mol. The second-order valence-corrected chi connectivity index (χ2v) is 8.33. The van der Waals surface area contributed by atoms with Gasteiger partial charge in [0.1, 0.15) is 0 Å². The number of nitrogens with one attached hydrogen (secondary N) is 2. The minimum absolute atomic E-state index is 0.0407. The van der Waals surface area contributed by atoms with Gasteiger partial charge >= 0.3 is 0 Å². The van der Waals surface area contributed by atoms with E-state index < -0.39 is 0 Å². The number of amides is 2. The number of pyridine rings is 1. The highest BCUT2D eigenvalue weighted by atomic mass is 16.2. The molecule has 0 saturated carbocycles. The summed E-state index contributed by atoms with van der Waals surface area (Å²) in [5, 5.41) is 7.19. The number of imidazole rings is 1. The zero-order valence-corrected chi connectivity index (χ0v) is 17.2. The number of rotatable bonds is 4. The van der Waals surface area contributed by atoms with E-state index in [0.717, 1.165) is 29.6 Å². The Balaban J connectivity index is 1.18. The first-order valence-electron chi connectivity index (χ1n) is 10.7. The van der Waals surface area contributed by atoms with Crippen molar-refractivity contribution in [1.29, 1.82) is 0 Å². The van der Waals surface area contributed by atoms with E-state index in [1.165, 1.54) is 0 Å². The van der Waals surface area contributed by atoms with E-state index in [4.69, 9.17) is 0 Å². The molecule has 9 heteroatoms. The minimum Gasteiger partial charge on any atom is -0.345 e. The molecule has 2 aliphatic heterocycles. The highest BCUT2D eigenvalue weighted by Crippen LogP contribution is 2.43. The fraction of sp³-hybridized carbons (Fsp3) is 0.261. The number of hydrogen-bond donors (Lipinski definition) is 2. The van der Waals surface area contributed by atoms with Crippen LogP contribution in [-0.2, 0) is 4.79 Å². The van der Waals surface area contributed by atoms with E-state index in [1.54, 1.807) is 41.7 Å². The van der Waals surface area contributed by atoms with Gasteiger partial charge in [0.25, 0.3) is 5.91 Å². The van der Waals surface area contributed by atoms with E-state index in [9.17, 15) is 9.59 Å². The van der Waals surface area contributed by atoms with Gasteiger partial charge < -0.3 is 15.2 Å². The molecule has 2 N–H and O–H groups in total. The Bertz CT molecular complexity index is 1300. The van der Waals surface area contributed by atoms with Crippen molar-refractivity contribution in [2.45, 2.75) is 31.3 Å². The maximum Gasteiger partial charge on any atom is 0.255 e. The topological polar surface area (TPSA) is 109 Å². The molecule has 2 bridgehead atoms. The van der Waals surface area contributed by atoms with Crippen LogP contribution >= 0.6 is 0 Å². The molecule has 5 heterocycles. The third kappa shape index (κ3) is 3.05. The smallest absolute Gasteiger partial charge is 0.255 e. The highest BCUT2D eigenvalue weighted by Gasteiger charge is 2.51. The molecule has 160 valence electrons. The second-order valence-electron chi connectivity index (χ2n) is 8.33. The highest BCUT2D eigenvalue weighted by molar-refractivity contribution is 5.98. The van der Waals surface area contributed by atoms with Crippen LogP contribution in [0.25, 0.3) is 16.9 Å². The number of anilines is 1. The summed E-state index contributed by atoms with van der Waals surface area (Å²) in [6.45, 7) is 0. The van der Waals surface area contributed by atoms with Gasteiger partial charge in [0, 0.05) is 36.4 Å². The Morgan fingerprint density at radius 2 is 2.06 bits per heavy atom. The predicted molar refractivity (Wildman–Crippen MR) is 117 cm³/mol. The second kappa shape index (κ2) is 7.30. The Morgan fingerprint density at radius 1 is 1.12 bits per heavy atom. The average molecular weight is 427 g/mol. The van der Waals surface area contributed by atoms with Gasteiger partial charge in [-0.05, 0) is 55.7 Å². The van der Waals surface area contributed by atoms with Crippen molar-refractivity contribution in [3.8, 4) is 5.82 Å². The molecule has 1 aromatic carbocycles. The average Bonchev–Trinajstić information content (AvgIpc) is 3.62. The number of hydrogen-bond acceptors (Lipinski definition) is 5. The normalized spacial score (nSPS) is 21.9. The van der Waals surface area contributed by atoms with Gasteiger partial charge in [0.2, 0.25) is 5.91 Å². The van der Waals surface area contributed by atoms with Gasteiger partial charge in [-0.3, -0.25) is 9.59 Å². The number of fused-ring (bicyclic) bond motifs is 3. The van der Waals surface area contributed by atoms with Crippen molar-refractivity contribution < 1.29 is 9.59 Å². The number of H-pyrrole nitrogens is 1. The molecule has 6 rings (SSSR count). The first kappa shape index (κ1) is 18.7. The van der Waals surface area contributed by atoms with E-state index in [2.05, 4.69) is 25.4 Å². The number of nitrogens with zero attached hydrogens (tertiary/aromatic N) is 5. The molecule has 3 unspecified atom stereocenters. The summed E-state index contributed by atoms with van der Waals surface area (Å²) < 4.78 is 1.65. The quantitative estimate of drug-likeness (QED) is 0.521. The van der Waals surface area contributed by atoms with Gasteiger partial charge in [-0.2, -0.15) is 5.10 Å². The van der Waals surface area contributed by atoms with E-state index in [0.29, 0.717) is 17.8 Å². The lowest BCUT2D eigenvalue weighted by atomic mass is 9.88. The van der Waals surface area contributed by atoms with Gasteiger partial charge in [-0.25, -0.2) is 14.6 Å². The molecule has 2 aliphatic rings. The van der Waals surface area contributed by atoms with Crippen LogP contribution in [0.3, 0.4) is 0 Å². The molecule has 3 atom stereocenters. The molecule has 2 saturated heterocycles. The summed E-state index contributed by atoms with van der Waals surface area (Å²) in [7, 11) is 0. The van der Waals surface area contributed by atoms with Crippen LogP contribution in [0.5, 0.6) is 0 Å². The van der Waals surface area contributed by atoms with Crippen molar-refractivity contribution in [1.82, 2.24) is 29.6 Å². The molecule has 0 radical (unpaired) electrons. The zero-order chi connectivity index (χ0) is 21.7. The number of aromatic amines is 1. The zero-order valence-electron chi connectivity index (χ0n) is 17.2. The minimum atomic E-state index is -0.216. The molecule has 4 aromatic rings. The molecule has 2 fully saturated rings. The van der Waals surface area contributed by atoms with Crippen LogP contribution < -0.4 is 5.32 Å². The van der Waals surface area contributed by atoms with Crippen molar-refractivity contribution in [3.05, 3.63) is 66.9 Å².